The smallest absolute Gasteiger partial charge is 0.318 e. The van der Waals surface area contributed by atoms with Crippen molar-refractivity contribution in [3.8, 4) is 16.5 Å². The second kappa shape index (κ2) is 11.6. The largest absolute Gasteiger partial charge is 0.493 e. The van der Waals surface area contributed by atoms with Gasteiger partial charge in [0.25, 0.3) is 0 Å². The number of aromatic nitrogens is 1. The number of anilines is 1. The van der Waals surface area contributed by atoms with E-state index in [1.165, 1.54) is 4.31 Å². The molecule has 4 aromatic rings. The third-order valence-corrected chi connectivity index (χ3v) is 9.18. The summed E-state index contributed by atoms with van der Waals surface area (Å²) in [4.78, 5) is 17.2. The average molecular weight is 568 g/mol. The van der Waals surface area contributed by atoms with Gasteiger partial charge in [0.05, 0.1) is 22.9 Å². The van der Waals surface area contributed by atoms with Crippen LogP contribution in [0.2, 0.25) is 0 Å². The van der Waals surface area contributed by atoms with Crippen molar-refractivity contribution < 1.29 is 27.5 Å². The maximum atomic E-state index is 13.7. The molecule has 0 spiro atoms. The van der Waals surface area contributed by atoms with Crippen LogP contribution in [0.15, 0.2) is 70.5 Å². The van der Waals surface area contributed by atoms with Crippen LogP contribution in [0, 0.1) is 6.92 Å². The summed E-state index contributed by atoms with van der Waals surface area (Å²) in [5, 5.41) is 11.5. The molecule has 39 heavy (non-hydrogen) atoms. The minimum atomic E-state index is -4.09. The lowest BCUT2D eigenvalue weighted by atomic mass is 10.0. The first kappa shape index (κ1) is 26.9. The van der Waals surface area contributed by atoms with Crippen LogP contribution >= 0.6 is 11.3 Å². The van der Waals surface area contributed by atoms with Crippen LogP contribution < -0.4 is 9.04 Å². The molecule has 1 aliphatic heterocycles. The normalized spacial score (nSPS) is 13.4. The van der Waals surface area contributed by atoms with Gasteiger partial charge >= 0.3 is 16.2 Å². The average Bonchev–Trinajstić information content (AvgIpc) is 3.58. The van der Waals surface area contributed by atoms with Crippen LogP contribution in [0.1, 0.15) is 29.0 Å². The van der Waals surface area contributed by atoms with Gasteiger partial charge in [-0.25, -0.2) is 4.98 Å². The number of carboxylic acid groups (broad SMARTS) is 1. The van der Waals surface area contributed by atoms with Crippen LogP contribution in [-0.2, 0) is 34.4 Å². The summed E-state index contributed by atoms with van der Waals surface area (Å²) >= 11 is 1.56. The van der Waals surface area contributed by atoms with Gasteiger partial charge in [-0.05, 0) is 60.5 Å². The second-order valence-electron chi connectivity index (χ2n) is 9.22. The molecule has 0 fully saturated rings. The van der Waals surface area contributed by atoms with Crippen molar-refractivity contribution >= 4 is 33.2 Å². The predicted molar refractivity (Wildman–Crippen MR) is 149 cm³/mol. The van der Waals surface area contributed by atoms with Crippen molar-refractivity contribution in [1.82, 2.24) is 9.29 Å². The van der Waals surface area contributed by atoms with E-state index in [1.807, 2.05) is 36.6 Å². The highest BCUT2D eigenvalue weighted by Crippen LogP contribution is 2.31. The molecule has 9 nitrogen and oxygen atoms in total. The number of carboxylic acids is 1. The van der Waals surface area contributed by atoms with Gasteiger partial charge in [-0.2, -0.15) is 12.7 Å². The fraction of sp³-hybridized carbons (Fsp3) is 0.286. The molecule has 3 heterocycles. The molecule has 2 aromatic heterocycles. The number of hydrogen-bond acceptors (Lipinski definition) is 7. The number of aryl methyl sites for hydroxylation is 2. The topological polar surface area (TPSA) is 113 Å². The van der Waals surface area contributed by atoms with Gasteiger partial charge in [-0.1, -0.05) is 36.4 Å². The zero-order valence-corrected chi connectivity index (χ0v) is 23.1. The van der Waals surface area contributed by atoms with Gasteiger partial charge in [0.2, 0.25) is 5.89 Å². The lowest BCUT2D eigenvalue weighted by Gasteiger charge is -2.34. The van der Waals surface area contributed by atoms with Crippen LogP contribution in [0.25, 0.3) is 10.8 Å². The third-order valence-electron chi connectivity index (χ3n) is 6.47. The van der Waals surface area contributed by atoms with Crippen LogP contribution in [0.4, 0.5) is 5.69 Å². The van der Waals surface area contributed by atoms with E-state index in [2.05, 4.69) is 4.98 Å². The maximum absolute atomic E-state index is 13.7. The molecular weight excluding hydrogens is 538 g/mol. The first-order valence-electron chi connectivity index (χ1n) is 12.6. The van der Waals surface area contributed by atoms with Crippen LogP contribution in [-0.4, -0.2) is 48.5 Å². The Morgan fingerprint density at radius 2 is 2.03 bits per heavy atom. The number of rotatable bonds is 11. The highest BCUT2D eigenvalue weighted by Gasteiger charge is 2.34. The number of ether oxygens (including phenoxy) is 1. The molecule has 0 radical (unpaired) electrons. The Balaban J connectivity index is 1.28. The highest BCUT2D eigenvalue weighted by molar-refractivity contribution is 7.90. The Bertz CT molecular complexity index is 1550. The van der Waals surface area contributed by atoms with E-state index in [9.17, 15) is 18.3 Å². The van der Waals surface area contributed by atoms with E-state index in [1.54, 1.807) is 47.7 Å². The number of carbonyl (C=O) groups is 1. The fourth-order valence-electron chi connectivity index (χ4n) is 4.62. The number of fused-ring (bicyclic) bond motifs is 1. The molecule has 11 heteroatoms. The van der Waals surface area contributed by atoms with E-state index in [4.69, 9.17) is 9.15 Å². The van der Waals surface area contributed by atoms with Crippen molar-refractivity contribution in [3.05, 3.63) is 88.6 Å². The Morgan fingerprint density at radius 3 is 2.82 bits per heavy atom. The Kier molecular flexibility index (Phi) is 8.01. The van der Waals surface area contributed by atoms with Crippen molar-refractivity contribution in [2.24, 2.45) is 0 Å². The quantitative estimate of drug-likeness (QED) is 0.274. The molecule has 0 saturated carbocycles. The first-order valence-corrected chi connectivity index (χ1v) is 14.9. The summed E-state index contributed by atoms with van der Waals surface area (Å²) in [5.41, 5.74) is 2.97. The summed E-state index contributed by atoms with van der Waals surface area (Å²) in [6, 6.07) is 18.3. The summed E-state index contributed by atoms with van der Waals surface area (Å²) in [6.45, 7) is 1.77. The zero-order chi connectivity index (χ0) is 27.4. The lowest BCUT2D eigenvalue weighted by Crippen LogP contribution is -2.47. The van der Waals surface area contributed by atoms with E-state index in [-0.39, 0.29) is 6.54 Å². The van der Waals surface area contributed by atoms with E-state index < -0.39 is 22.7 Å². The Morgan fingerprint density at radius 1 is 1.18 bits per heavy atom. The molecule has 0 aliphatic carbocycles. The van der Waals surface area contributed by atoms with Gasteiger partial charge in [0.1, 0.15) is 18.1 Å². The van der Waals surface area contributed by atoms with Gasteiger partial charge in [0, 0.05) is 19.5 Å². The number of hydrogen-bond donors (Lipinski definition) is 1. The predicted octanol–water partition coefficient (Wildman–Crippen LogP) is 4.92. The van der Waals surface area contributed by atoms with Gasteiger partial charge in [-0.3, -0.25) is 9.10 Å². The third kappa shape index (κ3) is 6.16. The van der Waals surface area contributed by atoms with Crippen molar-refractivity contribution in [3.63, 3.8) is 0 Å². The van der Waals surface area contributed by atoms with Gasteiger partial charge in [-0.15, -0.1) is 11.3 Å². The summed E-state index contributed by atoms with van der Waals surface area (Å²) < 4.78 is 41.4. The first-order chi connectivity index (χ1) is 18.8. The van der Waals surface area contributed by atoms with Gasteiger partial charge < -0.3 is 14.3 Å². The van der Waals surface area contributed by atoms with E-state index >= 15 is 0 Å². The molecule has 5 rings (SSSR count). The maximum Gasteiger partial charge on any atom is 0.318 e. The van der Waals surface area contributed by atoms with Crippen molar-refractivity contribution in [1.29, 1.82) is 0 Å². The van der Waals surface area contributed by atoms with Crippen LogP contribution in [0.3, 0.4) is 0 Å². The zero-order valence-electron chi connectivity index (χ0n) is 21.4. The number of benzene rings is 2. The standard InChI is InChI=1S/C28H29N3O6S2/c1-20-24(29-28(37-20)26-12-6-16-38-26)13-15-36-23-10-4-7-21(17-23)18-30(19-27(32)33)39(34,35)31-14-5-9-22-8-2-3-11-25(22)31/h2-4,6-8,10-12,16-17H,5,9,13-15,18-19H2,1H3,(H,32,33). The monoisotopic (exact) mass is 567 g/mol. The Labute approximate surface area is 231 Å². The molecular formula is C28H29N3O6S2. The molecule has 204 valence electrons. The fourth-order valence-corrected chi connectivity index (χ4v) is 6.92. The molecule has 0 amide bonds. The van der Waals surface area contributed by atoms with Crippen LogP contribution in [0.5, 0.6) is 5.75 Å². The number of nitrogens with zero attached hydrogens (tertiary/aromatic N) is 3. The minimum Gasteiger partial charge on any atom is -0.493 e. The van der Waals surface area contributed by atoms with Gasteiger partial charge in [0.15, 0.2) is 0 Å². The molecule has 1 aliphatic rings. The van der Waals surface area contributed by atoms with Crippen molar-refractivity contribution in [2.45, 2.75) is 32.7 Å². The molecule has 1 N–H and O–H groups in total. The van der Waals surface area contributed by atoms with E-state index in [0.29, 0.717) is 48.9 Å². The second-order valence-corrected chi connectivity index (χ2v) is 12.0. The van der Waals surface area contributed by atoms with E-state index in [0.717, 1.165) is 32.6 Å². The number of thiophene rings is 1. The lowest BCUT2D eigenvalue weighted by molar-refractivity contribution is -0.137. The number of aliphatic carboxylic acids is 1. The number of para-hydroxylation sites is 1. The van der Waals surface area contributed by atoms with Crippen molar-refractivity contribution in [2.75, 3.05) is 24.0 Å². The summed E-state index contributed by atoms with van der Waals surface area (Å²) in [7, 11) is -4.09. The highest BCUT2D eigenvalue weighted by atomic mass is 32.2. The summed E-state index contributed by atoms with van der Waals surface area (Å²) in [5.74, 6) is 0.671. The Hall–Kier alpha value is -3.67. The molecule has 0 atom stereocenters. The number of oxazole rings is 1. The molecule has 0 unspecified atom stereocenters. The summed E-state index contributed by atoms with van der Waals surface area (Å²) in [6.07, 6.45) is 1.99. The minimum absolute atomic E-state index is 0.100. The SMILES string of the molecule is Cc1oc(-c2cccs2)nc1CCOc1cccc(CN(CC(=O)O)S(=O)(=O)N2CCCc3ccccc32)c1. The molecule has 0 saturated heterocycles. The molecule has 0 bridgehead atoms. The molecule has 2 aromatic carbocycles.